The van der Waals surface area contributed by atoms with Crippen LogP contribution in [0.25, 0.3) is 87.7 Å². The third kappa shape index (κ3) is 3.95. The van der Waals surface area contributed by atoms with E-state index in [-0.39, 0.29) is 10.8 Å². The monoisotopic (exact) mass is 658 g/mol. The molecule has 3 aromatic heterocycles. The van der Waals surface area contributed by atoms with Crippen LogP contribution < -0.4 is 0 Å². The Morgan fingerprint density at radius 3 is 1.88 bits per heavy atom. The van der Waals surface area contributed by atoms with Crippen molar-refractivity contribution in [3.63, 3.8) is 0 Å². The van der Waals surface area contributed by atoms with Crippen LogP contribution in [-0.4, -0.2) is 9.13 Å². The van der Waals surface area contributed by atoms with Crippen LogP contribution in [0.1, 0.15) is 51.7 Å². The van der Waals surface area contributed by atoms with Crippen molar-refractivity contribution in [2.24, 2.45) is 0 Å². The van der Waals surface area contributed by atoms with Gasteiger partial charge in [-0.2, -0.15) is 0 Å². The van der Waals surface area contributed by atoms with Gasteiger partial charge in [-0.15, -0.1) is 0 Å². The van der Waals surface area contributed by atoms with Gasteiger partial charge in [-0.25, -0.2) is 0 Å². The number of para-hydroxylation sites is 2. The summed E-state index contributed by atoms with van der Waals surface area (Å²) in [6, 6.07) is 49.3. The Bertz CT molecular complexity index is 3080. The van der Waals surface area contributed by atoms with Gasteiger partial charge in [0.15, 0.2) is 0 Å². The van der Waals surface area contributed by atoms with Crippen LogP contribution in [-0.2, 0) is 10.8 Å². The Balaban J connectivity index is 1.32. The highest BCUT2D eigenvalue weighted by atomic mass is 16.3. The zero-order valence-electron chi connectivity index (χ0n) is 29.4. The van der Waals surface area contributed by atoms with Crippen LogP contribution in [0.5, 0.6) is 0 Å². The summed E-state index contributed by atoms with van der Waals surface area (Å²) in [5.41, 5.74) is 12.2. The lowest BCUT2D eigenvalue weighted by Crippen LogP contribution is -2.33. The molecule has 0 amide bonds. The van der Waals surface area contributed by atoms with E-state index in [1.54, 1.807) is 0 Å². The van der Waals surface area contributed by atoms with Gasteiger partial charge >= 0.3 is 0 Å². The summed E-state index contributed by atoms with van der Waals surface area (Å²) in [6.45, 7) is 9.71. The molecule has 0 saturated heterocycles. The molecule has 0 N–H and O–H groups in total. The summed E-state index contributed by atoms with van der Waals surface area (Å²) >= 11 is 0. The summed E-state index contributed by atoms with van der Waals surface area (Å²) in [5.74, 6) is 0. The second-order valence-electron chi connectivity index (χ2n) is 16.0. The molecule has 0 atom stereocenters. The third-order valence-corrected chi connectivity index (χ3v) is 12.1. The molecule has 0 bridgehead atoms. The maximum atomic E-state index is 6.44. The van der Waals surface area contributed by atoms with Gasteiger partial charge in [0.05, 0.1) is 22.1 Å². The zero-order chi connectivity index (χ0) is 34.2. The SMILES string of the molecule is CC1(C)CCC(C)(C)c2cc3c(cc21)c1cc2c4c5ccccc5ccc4n(-c4ccc5c(c4)oc4ccccc45)c2cc1n3-c1ccccc1. The van der Waals surface area contributed by atoms with E-state index in [9.17, 15) is 0 Å². The van der Waals surface area contributed by atoms with E-state index in [2.05, 4.69) is 164 Å². The van der Waals surface area contributed by atoms with Crippen molar-refractivity contribution in [2.75, 3.05) is 0 Å². The number of furan rings is 1. The molecular formula is C48H38N2O. The zero-order valence-corrected chi connectivity index (χ0v) is 29.4. The van der Waals surface area contributed by atoms with Gasteiger partial charge < -0.3 is 13.6 Å². The smallest absolute Gasteiger partial charge is 0.137 e. The lowest BCUT2D eigenvalue weighted by atomic mass is 9.63. The standard InChI is InChI=1S/C48H38N2O/c1-47(2)22-23-48(3,4)39-27-41-36(26-38(39)47)35-25-37-43(28-42(35)49(41)30-13-6-5-7-14-30)50(40-21-18-29-12-8-9-15-32(29)46(37)40)31-19-20-34-33-16-10-11-17-44(33)51-45(34)24-31/h5-21,24-28H,22-23H2,1-4H3. The Morgan fingerprint density at radius 2 is 1.06 bits per heavy atom. The first-order valence-corrected chi connectivity index (χ1v) is 18.2. The number of rotatable bonds is 2. The molecule has 246 valence electrons. The van der Waals surface area contributed by atoms with Crippen molar-refractivity contribution in [3.05, 3.63) is 145 Å². The number of hydrogen-bond acceptors (Lipinski definition) is 1. The predicted molar refractivity (Wildman–Crippen MR) is 215 cm³/mol. The largest absolute Gasteiger partial charge is 0.456 e. The van der Waals surface area contributed by atoms with Crippen molar-refractivity contribution in [3.8, 4) is 11.4 Å². The highest BCUT2D eigenvalue weighted by Crippen LogP contribution is 2.49. The van der Waals surface area contributed by atoms with Gasteiger partial charge in [-0.1, -0.05) is 94.4 Å². The molecule has 0 saturated carbocycles. The van der Waals surface area contributed by atoms with Gasteiger partial charge in [0.25, 0.3) is 0 Å². The minimum Gasteiger partial charge on any atom is -0.456 e. The second-order valence-corrected chi connectivity index (χ2v) is 16.0. The van der Waals surface area contributed by atoms with Crippen LogP contribution in [0, 0.1) is 0 Å². The fourth-order valence-electron chi connectivity index (χ4n) is 9.34. The summed E-state index contributed by atoms with van der Waals surface area (Å²) in [5, 5.41) is 9.99. The number of aromatic nitrogens is 2. The lowest BCUT2D eigenvalue weighted by molar-refractivity contribution is 0.332. The maximum absolute atomic E-state index is 6.44. The van der Waals surface area contributed by atoms with E-state index in [0.717, 1.165) is 27.6 Å². The predicted octanol–water partition coefficient (Wildman–Crippen LogP) is 13.3. The molecule has 3 heterocycles. The summed E-state index contributed by atoms with van der Waals surface area (Å²) < 4.78 is 11.4. The minimum absolute atomic E-state index is 0.114. The number of nitrogens with zero attached hydrogens (tertiary/aromatic N) is 2. The van der Waals surface area contributed by atoms with Crippen LogP contribution in [0.3, 0.4) is 0 Å². The van der Waals surface area contributed by atoms with Crippen molar-refractivity contribution in [2.45, 2.75) is 51.4 Å². The first-order chi connectivity index (χ1) is 24.8. The highest BCUT2D eigenvalue weighted by Gasteiger charge is 2.38. The molecule has 1 aliphatic carbocycles. The molecule has 7 aromatic carbocycles. The van der Waals surface area contributed by atoms with Gasteiger partial charge in [-0.3, -0.25) is 0 Å². The van der Waals surface area contributed by atoms with Crippen LogP contribution in [0.4, 0.5) is 0 Å². The maximum Gasteiger partial charge on any atom is 0.137 e. The van der Waals surface area contributed by atoms with Gasteiger partial charge in [0, 0.05) is 49.8 Å². The topological polar surface area (TPSA) is 23.0 Å². The highest BCUT2D eigenvalue weighted by molar-refractivity contribution is 6.25. The molecule has 11 rings (SSSR count). The quantitative estimate of drug-likeness (QED) is 0.181. The van der Waals surface area contributed by atoms with Crippen LogP contribution >= 0.6 is 0 Å². The molecule has 0 fully saturated rings. The van der Waals surface area contributed by atoms with Gasteiger partial charge in [-0.05, 0) is 106 Å². The number of fused-ring (bicyclic) bond motifs is 12. The van der Waals surface area contributed by atoms with E-state index >= 15 is 0 Å². The van der Waals surface area contributed by atoms with Crippen molar-refractivity contribution >= 4 is 76.3 Å². The van der Waals surface area contributed by atoms with E-state index in [1.165, 1.54) is 84.0 Å². The first kappa shape index (κ1) is 29.0. The normalized spacial score (nSPS) is 15.6. The molecule has 3 nitrogen and oxygen atoms in total. The molecule has 0 aliphatic heterocycles. The van der Waals surface area contributed by atoms with Crippen molar-refractivity contribution < 1.29 is 4.42 Å². The Labute approximate surface area is 296 Å². The summed E-state index contributed by atoms with van der Waals surface area (Å²) in [6.07, 6.45) is 2.38. The van der Waals surface area contributed by atoms with Crippen LogP contribution in [0.2, 0.25) is 0 Å². The van der Waals surface area contributed by atoms with E-state index in [0.29, 0.717) is 0 Å². The Hall–Kier alpha value is -5.80. The average Bonchev–Trinajstić information content (AvgIpc) is 3.79. The molecule has 0 radical (unpaired) electrons. The minimum atomic E-state index is 0.114. The molecule has 0 unspecified atom stereocenters. The van der Waals surface area contributed by atoms with Crippen LogP contribution in [0.15, 0.2) is 138 Å². The molecular weight excluding hydrogens is 621 g/mol. The van der Waals surface area contributed by atoms with Crippen molar-refractivity contribution in [1.82, 2.24) is 9.13 Å². The van der Waals surface area contributed by atoms with Gasteiger partial charge in [0.2, 0.25) is 0 Å². The fourth-order valence-corrected chi connectivity index (χ4v) is 9.34. The van der Waals surface area contributed by atoms with Gasteiger partial charge in [0.1, 0.15) is 11.2 Å². The summed E-state index contributed by atoms with van der Waals surface area (Å²) in [4.78, 5) is 0. The fraction of sp³-hybridized carbons (Fsp3) is 0.167. The van der Waals surface area contributed by atoms with E-state index in [1.807, 2.05) is 6.07 Å². The van der Waals surface area contributed by atoms with E-state index in [4.69, 9.17) is 4.42 Å². The first-order valence-electron chi connectivity index (χ1n) is 18.2. The summed E-state index contributed by atoms with van der Waals surface area (Å²) in [7, 11) is 0. The number of benzene rings is 7. The lowest BCUT2D eigenvalue weighted by Gasteiger charge is -2.42. The third-order valence-electron chi connectivity index (χ3n) is 12.1. The molecule has 0 spiro atoms. The molecule has 51 heavy (non-hydrogen) atoms. The second kappa shape index (κ2) is 9.92. The number of hydrogen-bond donors (Lipinski definition) is 0. The molecule has 3 heteroatoms. The Kier molecular flexibility index (Phi) is 5.64. The van der Waals surface area contributed by atoms with Crippen molar-refractivity contribution in [1.29, 1.82) is 0 Å². The Morgan fingerprint density at radius 1 is 0.431 bits per heavy atom. The molecule has 1 aliphatic rings. The van der Waals surface area contributed by atoms with E-state index < -0.39 is 0 Å². The average molecular weight is 659 g/mol. The molecule has 10 aromatic rings.